The number of nitrogens with zero attached hydrogens (tertiary/aromatic N) is 2. The van der Waals surface area contributed by atoms with E-state index in [1.807, 2.05) is 0 Å². The quantitative estimate of drug-likeness (QED) is 0.208. The lowest BCUT2D eigenvalue weighted by atomic mass is 10.1. The van der Waals surface area contributed by atoms with Crippen molar-refractivity contribution in [1.29, 1.82) is 0 Å². The van der Waals surface area contributed by atoms with Gasteiger partial charge in [-0.1, -0.05) is 6.42 Å². The molecule has 4 rings (SSSR count). The molecule has 0 aliphatic carbocycles. The maximum atomic E-state index is 14.6. The van der Waals surface area contributed by atoms with Gasteiger partial charge in [-0.3, -0.25) is 9.78 Å². The van der Waals surface area contributed by atoms with Crippen LogP contribution in [0.15, 0.2) is 89.7 Å². The molecule has 0 bridgehead atoms. The molecule has 0 radical (unpaired) electrons. The normalized spacial score (nSPS) is 11.3. The number of nitrogens with one attached hydrogen (secondary N) is 3. The van der Waals surface area contributed by atoms with Crippen molar-refractivity contribution in [3.8, 4) is 12.5 Å². The van der Waals surface area contributed by atoms with Gasteiger partial charge in [0.2, 0.25) is 0 Å². The van der Waals surface area contributed by atoms with Crippen LogP contribution in [-0.2, 0) is 0 Å². The van der Waals surface area contributed by atoms with E-state index in [4.69, 9.17) is 6.42 Å². The molecule has 0 spiro atoms. The summed E-state index contributed by atoms with van der Waals surface area (Å²) < 4.78 is 28.3. The maximum absolute atomic E-state index is 14.6. The lowest BCUT2D eigenvalue weighted by Gasteiger charge is -2.12. The topological polar surface area (TPSA) is 78.4 Å². The van der Waals surface area contributed by atoms with Crippen molar-refractivity contribution in [2.24, 2.45) is 4.99 Å². The molecule has 0 fully saturated rings. The SMILES string of the molecule is C#C/N=C\C=C(/C)Nc1ccc(NC(=O)c2ccc(Nc3ccnc4ccc(F)cc34)cc2)c(F)c1. The summed E-state index contributed by atoms with van der Waals surface area (Å²) in [6.45, 7) is 1.78. The molecule has 0 aliphatic rings. The Balaban J connectivity index is 1.43. The van der Waals surface area contributed by atoms with Gasteiger partial charge in [-0.05, 0) is 79.7 Å². The summed E-state index contributed by atoms with van der Waals surface area (Å²) in [4.78, 5) is 20.5. The third-order valence-corrected chi connectivity index (χ3v) is 5.16. The number of aliphatic imine (C=N–C) groups is 1. The van der Waals surface area contributed by atoms with E-state index in [0.29, 0.717) is 39.2 Å². The van der Waals surface area contributed by atoms with E-state index in [0.717, 1.165) is 0 Å². The Morgan fingerprint density at radius 2 is 1.75 bits per heavy atom. The first kappa shape index (κ1) is 24.1. The zero-order chi connectivity index (χ0) is 25.5. The number of hydrogen-bond donors (Lipinski definition) is 3. The summed E-state index contributed by atoms with van der Waals surface area (Å²) in [6, 6.07) is 19.3. The molecule has 36 heavy (non-hydrogen) atoms. The number of amides is 1. The first-order chi connectivity index (χ1) is 17.4. The highest BCUT2D eigenvalue weighted by molar-refractivity contribution is 6.04. The van der Waals surface area contributed by atoms with Crippen molar-refractivity contribution in [1.82, 2.24) is 4.98 Å². The van der Waals surface area contributed by atoms with Crippen molar-refractivity contribution < 1.29 is 13.6 Å². The molecule has 0 atom stereocenters. The highest BCUT2D eigenvalue weighted by Crippen LogP contribution is 2.26. The van der Waals surface area contributed by atoms with Crippen molar-refractivity contribution in [2.45, 2.75) is 6.92 Å². The largest absolute Gasteiger partial charge is 0.359 e. The van der Waals surface area contributed by atoms with Gasteiger partial charge in [0.15, 0.2) is 0 Å². The molecule has 3 N–H and O–H groups in total. The van der Waals surface area contributed by atoms with Crippen LogP contribution in [0.4, 0.5) is 31.5 Å². The molecule has 0 saturated carbocycles. The fraction of sp³-hybridized carbons (Fsp3) is 0.0357. The van der Waals surface area contributed by atoms with Crippen LogP contribution >= 0.6 is 0 Å². The minimum absolute atomic E-state index is 0.0496. The molecule has 8 heteroatoms. The Morgan fingerprint density at radius 1 is 0.972 bits per heavy atom. The number of fused-ring (bicyclic) bond motifs is 1. The molecule has 0 saturated heterocycles. The summed E-state index contributed by atoms with van der Waals surface area (Å²) in [6.07, 6.45) is 9.78. The summed E-state index contributed by atoms with van der Waals surface area (Å²) in [7, 11) is 0. The summed E-state index contributed by atoms with van der Waals surface area (Å²) >= 11 is 0. The zero-order valence-corrected chi connectivity index (χ0v) is 19.2. The fourth-order valence-corrected chi connectivity index (χ4v) is 3.44. The molecule has 0 unspecified atom stereocenters. The van der Waals surface area contributed by atoms with Gasteiger partial charge >= 0.3 is 0 Å². The molecule has 178 valence electrons. The summed E-state index contributed by atoms with van der Waals surface area (Å²) in [5.41, 5.74) is 3.65. The van der Waals surface area contributed by atoms with Gasteiger partial charge in [-0.2, -0.15) is 0 Å². The van der Waals surface area contributed by atoms with Gasteiger partial charge in [0.05, 0.1) is 11.2 Å². The highest BCUT2D eigenvalue weighted by atomic mass is 19.1. The standard InChI is InChI=1S/C28H21F2N5O/c1-3-31-14-12-18(2)33-22-9-11-27(24(30)17-22)35-28(36)19-4-7-21(8-5-19)34-26-13-15-32-25-10-6-20(29)16-23(25)26/h1,4-17,33H,2H3,(H,32,34)(H,35,36)/b18-12+,31-14-. The third-order valence-electron chi connectivity index (χ3n) is 5.16. The lowest BCUT2D eigenvalue weighted by molar-refractivity contribution is 0.102. The maximum Gasteiger partial charge on any atom is 0.255 e. The van der Waals surface area contributed by atoms with Crippen LogP contribution in [-0.4, -0.2) is 17.1 Å². The first-order valence-corrected chi connectivity index (χ1v) is 10.9. The van der Waals surface area contributed by atoms with Gasteiger partial charge in [0.25, 0.3) is 5.91 Å². The number of allylic oxidation sites excluding steroid dienone is 2. The zero-order valence-electron chi connectivity index (χ0n) is 19.2. The molecule has 1 heterocycles. The van der Waals surface area contributed by atoms with Gasteiger partial charge in [0.1, 0.15) is 11.6 Å². The van der Waals surface area contributed by atoms with Crippen molar-refractivity contribution in [3.63, 3.8) is 0 Å². The van der Waals surface area contributed by atoms with Gasteiger partial charge in [-0.25, -0.2) is 13.8 Å². The number of halogens is 2. The monoisotopic (exact) mass is 481 g/mol. The molecular weight excluding hydrogens is 460 g/mol. The number of rotatable bonds is 7. The van der Waals surface area contributed by atoms with E-state index < -0.39 is 11.7 Å². The van der Waals surface area contributed by atoms with Crippen LogP contribution in [0.25, 0.3) is 10.9 Å². The fourth-order valence-electron chi connectivity index (χ4n) is 3.44. The third kappa shape index (κ3) is 5.90. The Labute approximate surface area is 206 Å². The number of terminal acetylenes is 1. The first-order valence-electron chi connectivity index (χ1n) is 10.9. The van der Waals surface area contributed by atoms with Crippen molar-refractivity contribution in [3.05, 3.63) is 102 Å². The van der Waals surface area contributed by atoms with Crippen LogP contribution in [0, 0.1) is 24.1 Å². The highest BCUT2D eigenvalue weighted by Gasteiger charge is 2.11. The molecule has 0 aliphatic heterocycles. The molecule has 6 nitrogen and oxygen atoms in total. The smallest absolute Gasteiger partial charge is 0.255 e. The molecule has 1 amide bonds. The average Bonchev–Trinajstić information content (AvgIpc) is 2.86. The Hall–Kier alpha value is -5.03. The van der Waals surface area contributed by atoms with Gasteiger partial charge in [-0.15, -0.1) is 0 Å². The van der Waals surface area contributed by atoms with E-state index in [-0.39, 0.29) is 11.5 Å². The Kier molecular flexibility index (Phi) is 7.32. The van der Waals surface area contributed by atoms with E-state index in [1.54, 1.807) is 61.7 Å². The van der Waals surface area contributed by atoms with Gasteiger partial charge < -0.3 is 16.0 Å². The summed E-state index contributed by atoms with van der Waals surface area (Å²) in [5, 5.41) is 9.44. The van der Waals surface area contributed by atoms with E-state index >= 15 is 0 Å². The average molecular weight is 482 g/mol. The van der Waals surface area contributed by atoms with E-state index in [9.17, 15) is 13.6 Å². The Morgan fingerprint density at radius 3 is 2.50 bits per heavy atom. The number of hydrogen-bond acceptors (Lipinski definition) is 5. The van der Waals surface area contributed by atoms with E-state index in [2.05, 4.69) is 32.0 Å². The Bertz CT molecular complexity index is 1520. The van der Waals surface area contributed by atoms with Crippen LogP contribution in [0.3, 0.4) is 0 Å². The van der Waals surface area contributed by atoms with Crippen LogP contribution in [0.1, 0.15) is 17.3 Å². The molecule has 3 aromatic carbocycles. The number of carbonyl (C=O) groups excluding carboxylic acids is 1. The predicted octanol–water partition coefficient (Wildman–Crippen LogP) is 6.49. The number of anilines is 4. The molecule has 1 aromatic heterocycles. The van der Waals surface area contributed by atoms with E-state index in [1.165, 1.54) is 30.5 Å². The van der Waals surface area contributed by atoms with Crippen molar-refractivity contribution >= 4 is 45.8 Å². The second kappa shape index (κ2) is 10.9. The van der Waals surface area contributed by atoms with Crippen LogP contribution < -0.4 is 16.0 Å². The molecular formula is C28H21F2N5O. The van der Waals surface area contributed by atoms with Crippen LogP contribution in [0.2, 0.25) is 0 Å². The lowest BCUT2D eigenvalue weighted by Crippen LogP contribution is -2.13. The van der Waals surface area contributed by atoms with Crippen molar-refractivity contribution in [2.75, 3.05) is 16.0 Å². The predicted molar refractivity (Wildman–Crippen MR) is 140 cm³/mol. The second-order valence-electron chi connectivity index (χ2n) is 7.75. The number of benzene rings is 3. The summed E-state index contributed by atoms with van der Waals surface area (Å²) in [5.74, 6) is -1.41. The van der Waals surface area contributed by atoms with Crippen LogP contribution in [0.5, 0.6) is 0 Å². The number of aromatic nitrogens is 1. The number of pyridine rings is 1. The van der Waals surface area contributed by atoms with Gasteiger partial charge in [0, 0.05) is 52.2 Å². The second-order valence-corrected chi connectivity index (χ2v) is 7.75. The number of carbonyl (C=O) groups is 1. The minimum atomic E-state index is -0.589. The molecule has 4 aromatic rings. The minimum Gasteiger partial charge on any atom is -0.359 e.